The second kappa shape index (κ2) is 4.42. The zero-order chi connectivity index (χ0) is 13.3. The Kier molecular flexibility index (Phi) is 2.95. The van der Waals surface area contributed by atoms with Crippen LogP contribution in [0, 0.1) is 11.3 Å². The molecule has 18 heavy (non-hydrogen) atoms. The molecule has 0 heterocycles. The van der Waals surface area contributed by atoms with Crippen molar-refractivity contribution in [3.8, 4) is 6.07 Å². The highest BCUT2D eigenvalue weighted by molar-refractivity contribution is 6.21. The van der Waals surface area contributed by atoms with E-state index in [0.717, 1.165) is 5.56 Å². The maximum atomic E-state index is 12.0. The lowest BCUT2D eigenvalue weighted by Gasteiger charge is -2.01. The van der Waals surface area contributed by atoms with Crippen LogP contribution < -0.4 is 0 Å². The Balaban J connectivity index is 2.56. The molecule has 0 spiro atoms. The molecule has 0 N–H and O–H groups in total. The maximum absolute atomic E-state index is 12.0. The normalized spacial score (nSPS) is 14.5. The van der Waals surface area contributed by atoms with Gasteiger partial charge in [-0.2, -0.15) is 5.26 Å². The first-order valence-corrected chi connectivity index (χ1v) is 5.56. The fourth-order valence-corrected chi connectivity index (χ4v) is 1.86. The minimum Gasteiger partial charge on any atom is -0.289 e. The van der Waals surface area contributed by atoms with E-state index in [2.05, 4.69) is 11.6 Å². The Morgan fingerprint density at radius 3 is 2.56 bits per heavy atom. The third kappa shape index (κ3) is 1.78. The second-order valence-corrected chi connectivity index (χ2v) is 4.14. The molecule has 0 radical (unpaired) electrons. The van der Waals surface area contributed by atoms with Crippen molar-refractivity contribution in [3.63, 3.8) is 0 Å². The van der Waals surface area contributed by atoms with Crippen LogP contribution >= 0.6 is 0 Å². The number of rotatable bonds is 2. The van der Waals surface area contributed by atoms with Crippen molar-refractivity contribution in [2.45, 2.75) is 13.8 Å². The zero-order valence-electron chi connectivity index (χ0n) is 10.3. The van der Waals surface area contributed by atoms with Crippen LogP contribution in [0.4, 0.5) is 0 Å². The van der Waals surface area contributed by atoms with E-state index in [4.69, 9.17) is 5.26 Å². The Morgan fingerprint density at radius 1 is 1.33 bits per heavy atom. The van der Waals surface area contributed by atoms with Crippen LogP contribution in [0.15, 0.2) is 47.0 Å². The monoisotopic (exact) mass is 236 g/mol. The number of benzene rings is 1. The first-order valence-electron chi connectivity index (χ1n) is 5.56. The van der Waals surface area contributed by atoms with E-state index in [1.807, 2.05) is 24.3 Å². The Bertz CT molecular complexity index is 657. The highest BCUT2D eigenvalue weighted by atomic mass is 16.1. The minimum absolute atomic E-state index is 0.000259. The first-order chi connectivity index (χ1) is 8.56. The van der Waals surface area contributed by atoms with Gasteiger partial charge in [-0.3, -0.25) is 9.79 Å². The molecule has 0 unspecified atom stereocenters. The summed E-state index contributed by atoms with van der Waals surface area (Å²) in [5, 5.41) is 8.78. The third-order valence-electron chi connectivity index (χ3n) is 2.97. The van der Waals surface area contributed by atoms with Gasteiger partial charge in [-0.25, -0.2) is 0 Å². The summed E-state index contributed by atoms with van der Waals surface area (Å²) in [6.07, 6.45) is 0. The van der Waals surface area contributed by atoms with Crippen LogP contribution in [0.25, 0.3) is 5.70 Å². The maximum Gasteiger partial charge on any atom is 0.191 e. The van der Waals surface area contributed by atoms with Crippen LogP contribution in [-0.4, -0.2) is 11.5 Å². The molecular weight excluding hydrogens is 224 g/mol. The standard InChI is InChI=1S/C15H12N2O/c1-9(8-16)11(3)17-14-10(2)15(18)13-7-5-4-6-12(13)14/h4-7H,1H2,2-3H3. The van der Waals surface area contributed by atoms with E-state index in [0.29, 0.717) is 28.1 Å². The molecule has 3 heteroatoms. The Morgan fingerprint density at radius 2 is 1.94 bits per heavy atom. The van der Waals surface area contributed by atoms with Crippen molar-refractivity contribution in [3.05, 3.63) is 53.1 Å². The molecule has 0 atom stereocenters. The van der Waals surface area contributed by atoms with Crippen molar-refractivity contribution < 1.29 is 4.79 Å². The molecule has 88 valence electrons. The van der Waals surface area contributed by atoms with E-state index in [9.17, 15) is 4.79 Å². The Hall–Kier alpha value is -2.47. The summed E-state index contributed by atoms with van der Waals surface area (Å²) in [5.41, 5.74) is 3.60. The summed E-state index contributed by atoms with van der Waals surface area (Å²) in [5.74, 6) is -0.000259. The number of carbonyl (C=O) groups is 1. The highest BCUT2D eigenvalue weighted by Gasteiger charge is 2.26. The molecule has 3 nitrogen and oxygen atoms in total. The molecule has 1 aromatic rings. The van der Waals surface area contributed by atoms with Crippen molar-refractivity contribution in [2.24, 2.45) is 4.99 Å². The third-order valence-corrected chi connectivity index (χ3v) is 2.97. The van der Waals surface area contributed by atoms with E-state index in [1.165, 1.54) is 0 Å². The molecule has 1 aliphatic carbocycles. The van der Waals surface area contributed by atoms with Gasteiger partial charge in [0, 0.05) is 16.7 Å². The molecule has 1 aliphatic rings. The van der Waals surface area contributed by atoms with Crippen molar-refractivity contribution in [1.29, 1.82) is 5.26 Å². The topological polar surface area (TPSA) is 53.2 Å². The first kappa shape index (κ1) is 12.0. The van der Waals surface area contributed by atoms with Crippen LogP contribution in [0.3, 0.4) is 0 Å². The van der Waals surface area contributed by atoms with Crippen LogP contribution in [0.5, 0.6) is 0 Å². The zero-order valence-corrected chi connectivity index (χ0v) is 10.3. The largest absolute Gasteiger partial charge is 0.289 e. The smallest absolute Gasteiger partial charge is 0.191 e. The van der Waals surface area contributed by atoms with Gasteiger partial charge in [-0.1, -0.05) is 30.8 Å². The number of carbonyl (C=O) groups excluding carboxylic acids is 1. The lowest BCUT2D eigenvalue weighted by molar-refractivity contribution is 0.103. The van der Waals surface area contributed by atoms with Crippen LogP contribution in [0.2, 0.25) is 0 Å². The number of fused-ring (bicyclic) bond motifs is 1. The fourth-order valence-electron chi connectivity index (χ4n) is 1.86. The van der Waals surface area contributed by atoms with Crippen molar-refractivity contribution >= 4 is 17.2 Å². The molecule has 0 fully saturated rings. The molecule has 1 aromatic carbocycles. The number of hydrogen-bond donors (Lipinski definition) is 0. The number of ketones is 1. The number of aliphatic imine (C=N–C) groups is 1. The van der Waals surface area contributed by atoms with Gasteiger partial charge >= 0.3 is 0 Å². The van der Waals surface area contributed by atoms with Gasteiger partial charge < -0.3 is 0 Å². The number of hydrogen-bond acceptors (Lipinski definition) is 3. The van der Waals surface area contributed by atoms with E-state index in [1.54, 1.807) is 19.9 Å². The summed E-state index contributed by atoms with van der Waals surface area (Å²) < 4.78 is 0. The van der Waals surface area contributed by atoms with Gasteiger partial charge in [0.25, 0.3) is 0 Å². The molecule has 0 saturated carbocycles. The summed E-state index contributed by atoms with van der Waals surface area (Å²) >= 11 is 0. The minimum atomic E-state index is -0.000259. The summed E-state index contributed by atoms with van der Waals surface area (Å²) in [4.78, 5) is 16.4. The van der Waals surface area contributed by atoms with Crippen molar-refractivity contribution in [2.75, 3.05) is 0 Å². The van der Waals surface area contributed by atoms with Crippen molar-refractivity contribution in [1.82, 2.24) is 0 Å². The summed E-state index contributed by atoms with van der Waals surface area (Å²) in [6.45, 7) is 7.09. The van der Waals surface area contributed by atoms with Gasteiger partial charge in [-0.15, -0.1) is 0 Å². The summed E-state index contributed by atoms with van der Waals surface area (Å²) in [7, 11) is 0. The Labute approximate surface area is 106 Å². The number of nitrogens with zero attached hydrogens (tertiary/aromatic N) is 2. The molecule has 0 saturated heterocycles. The van der Waals surface area contributed by atoms with E-state index < -0.39 is 0 Å². The molecule has 0 amide bonds. The van der Waals surface area contributed by atoms with E-state index in [-0.39, 0.29) is 5.78 Å². The van der Waals surface area contributed by atoms with E-state index >= 15 is 0 Å². The predicted molar refractivity (Wildman–Crippen MR) is 71.2 cm³/mol. The molecule has 0 bridgehead atoms. The molecule has 0 aromatic heterocycles. The molecule has 2 rings (SSSR count). The number of Topliss-reactive ketones (excluding diaryl/α,β-unsaturated/α-hetero) is 1. The summed E-state index contributed by atoms with van der Waals surface area (Å²) in [6, 6.07) is 9.31. The quantitative estimate of drug-likeness (QED) is 0.585. The number of allylic oxidation sites excluding steroid dienone is 2. The van der Waals surface area contributed by atoms with Gasteiger partial charge in [-0.05, 0) is 13.8 Å². The number of nitriles is 1. The molecular formula is C15H12N2O. The van der Waals surface area contributed by atoms with Crippen LogP contribution in [-0.2, 0) is 0 Å². The molecule has 0 aliphatic heterocycles. The predicted octanol–water partition coefficient (Wildman–Crippen LogP) is 3.15. The van der Waals surface area contributed by atoms with Crippen LogP contribution in [0.1, 0.15) is 29.8 Å². The van der Waals surface area contributed by atoms with Gasteiger partial charge in [0.2, 0.25) is 0 Å². The van der Waals surface area contributed by atoms with Gasteiger partial charge in [0.1, 0.15) is 6.07 Å². The lowest BCUT2D eigenvalue weighted by Crippen LogP contribution is -1.95. The van der Waals surface area contributed by atoms with Gasteiger partial charge in [0.15, 0.2) is 5.78 Å². The average molecular weight is 236 g/mol. The fraction of sp³-hybridized carbons (Fsp3) is 0.133. The second-order valence-electron chi connectivity index (χ2n) is 4.14. The average Bonchev–Trinajstić information content (AvgIpc) is 2.63. The SMILES string of the molecule is C=C(C#N)C(C)=NC1=C(C)C(=O)c2ccccc21. The van der Waals surface area contributed by atoms with Gasteiger partial charge in [0.05, 0.1) is 17.0 Å². The highest BCUT2D eigenvalue weighted by Crippen LogP contribution is 2.33. The lowest BCUT2D eigenvalue weighted by atomic mass is 10.1.